The van der Waals surface area contributed by atoms with Crippen LogP contribution in [0.1, 0.15) is 11.3 Å². The van der Waals surface area contributed by atoms with Crippen LogP contribution < -0.4 is 10.6 Å². The molecule has 0 bridgehead atoms. The lowest BCUT2D eigenvalue weighted by Gasteiger charge is -2.05. The molecule has 0 radical (unpaired) electrons. The molecule has 1 aromatic carbocycles. The number of furan rings is 1. The summed E-state index contributed by atoms with van der Waals surface area (Å²) in [6.07, 6.45) is 1.59. The van der Waals surface area contributed by atoms with Crippen molar-refractivity contribution in [3.63, 3.8) is 0 Å². The fourth-order valence-corrected chi connectivity index (χ4v) is 1.55. The number of benzene rings is 1. The molecule has 0 saturated carbocycles. The highest BCUT2D eigenvalue weighted by molar-refractivity contribution is 5.92. The van der Waals surface area contributed by atoms with Crippen molar-refractivity contribution in [1.29, 1.82) is 5.26 Å². The van der Waals surface area contributed by atoms with Gasteiger partial charge in [0.25, 0.3) is 0 Å². The van der Waals surface area contributed by atoms with E-state index < -0.39 is 0 Å². The average molecular weight is 255 g/mol. The number of anilines is 1. The zero-order valence-electron chi connectivity index (χ0n) is 10.2. The summed E-state index contributed by atoms with van der Waals surface area (Å²) in [7, 11) is 0. The van der Waals surface area contributed by atoms with Crippen LogP contribution in [0.3, 0.4) is 0 Å². The predicted molar refractivity (Wildman–Crippen MR) is 70.2 cm³/mol. The van der Waals surface area contributed by atoms with Gasteiger partial charge in [0.2, 0.25) is 5.91 Å². The Morgan fingerprint density at radius 1 is 1.26 bits per heavy atom. The van der Waals surface area contributed by atoms with Crippen molar-refractivity contribution < 1.29 is 9.21 Å². The van der Waals surface area contributed by atoms with Crippen LogP contribution in [-0.4, -0.2) is 12.5 Å². The normalized spacial score (nSPS) is 9.84. The first kappa shape index (κ1) is 12.9. The van der Waals surface area contributed by atoms with E-state index in [1.165, 1.54) is 0 Å². The molecule has 2 N–H and O–H groups in total. The molecule has 5 nitrogen and oxygen atoms in total. The first-order valence-corrected chi connectivity index (χ1v) is 5.81. The van der Waals surface area contributed by atoms with Crippen molar-refractivity contribution in [3.8, 4) is 6.07 Å². The van der Waals surface area contributed by atoms with Crippen molar-refractivity contribution in [3.05, 3.63) is 54.0 Å². The molecule has 2 rings (SSSR count). The minimum absolute atomic E-state index is 0.142. The Bertz CT molecular complexity index is 568. The van der Waals surface area contributed by atoms with E-state index in [9.17, 15) is 4.79 Å². The van der Waals surface area contributed by atoms with Gasteiger partial charge in [-0.2, -0.15) is 5.26 Å². The fourth-order valence-electron chi connectivity index (χ4n) is 1.55. The Morgan fingerprint density at radius 2 is 2.05 bits per heavy atom. The van der Waals surface area contributed by atoms with Gasteiger partial charge in [0.15, 0.2) is 0 Å². The number of amides is 1. The summed E-state index contributed by atoms with van der Waals surface area (Å²) in [6.45, 7) is 0.703. The van der Waals surface area contributed by atoms with Crippen LogP contribution in [0.2, 0.25) is 0 Å². The molecule has 0 atom stereocenters. The third kappa shape index (κ3) is 3.98. The first-order valence-electron chi connectivity index (χ1n) is 5.81. The molecule has 1 aromatic heterocycles. The molecular weight excluding hydrogens is 242 g/mol. The predicted octanol–water partition coefficient (Wildman–Crippen LogP) is 1.88. The van der Waals surface area contributed by atoms with Gasteiger partial charge < -0.3 is 15.1 Å². The molecule has 0 spiro atoms. The SMILES string of the molecule is N#Cc1ccc(NC(=O)CNCc2ccco2)cc1. The third-order valence-corrected chi connectivity index (χ3v) is 2.46. The lowest BCUT2D eigenvalue weighted by molar-refractivity contribution is -0.115. The molecule has 19 heavy (non-hydrogen) atoms. The van der Waals surface area contributed by atoms with Gasteiger partial charge in [-0.25, -0.2) is 0 Å². The number of hydrogen-bond donors (Lipinski definition) is 2. The van der Waals surface area contributed by atoms with Gasteiger partial charge in [-0.15, -0.1) is 0 Å². The van der Waals surface area contributed by atoms with E-state index in [0.717, 1.165) is 5.76 Å². The summed E-state index contributed by atoms with van der Waals surface area (Å²) < 4.78 is 5.13. The van der Waals surface area contributed by atoms with E-state index in [0.29, 0.717) is 17.8 Å². The summed E-state index contributed by atoms with van der Waals surface area (Å²) in [5.74, 6) is 0.641. The van der Waals surface area contributed by atoms with Crippen molar-refractivity contribution in [2.24, 2.45) is 0 Å². The number of rotatable bonds is 5. The highest BCUT2D eigenvalue weighted by Gasteiger charge is 2.02. The van der Waals surface area contributed by atoms with E-state index in [1.807, 2.05) is 12.1 Å². The number of hydrogen-bond acceptors (Lipinski definition) is 4. The smallest absolute Gasteiger partial charge is 0.238 e. The molecule has 1 heterocycles. The lowest BCUT2D eigenvalue weighted by Crippen LogP contribution is -2.27. The monoisotopic (exact) mass is 255 g/mol. The topological polar surface area (TPSA) is 78.1 Å². The Labute approximate surface area is 110 Å². The second kappa shape index (κ2) is 6.38. The van der Waals surface area contributed by atoms with Crippen LogP contribution in [-0.2, 0) is 11.3 Å². The maximum Gasteiger partial charge on any atom is 0.238 e. The average Bonchev–Trinajstić information content (AvgIpc) is 2.93. The molecule has 5 heteroatoms. The third-order valence-electron chi connectivity index (χ3n) is 2.46. The lowest BCUT2D eigenvalue weighted by atomic mass is 10.2. The van der Waals surface area contributed by atoms with Crippen molar-refractivity contribution >= 4 is 11.6 Å². The van der Waals surface area contributed by atoms with Crippen LogP contribution in [0, 0.1) is 11.3 Å². The largest absolute Gasteiger partial charge is 0.468 e. The summed E-state index contributed by atoms with van der Waals surface area (Å²) in [5, 5.41) is 14.4. The van der Waals surface area contributed by atoms with Crippen molar-refractivity contribution in [1.82, 2.24) is 5.32 Å². The second-order valence-corrected chi connectivity index (χ2v) is 3.92. The van der Waals surface area contributed by atoms with Gasteiger partial charge in [-0.1, -0.05) is 0 Å². The molecule has 0 unspecified atom stereocenters. The maximum atomic E-state index is 11.6. The van der Waals surface area contributed by atoms with Crippen molar-refractivity contribution in [2.75, 3.05) is 11.9 Å². The molecular formula is C14H13N3O2. The summed E-state index contributed by atoms with van der Waals surface area (Å²) in [4.78, 5) is 11.6. The molecule has 0 aliphatic carbocycles. The minimum atomic E-state index is -0.142. The minimum Gasteiger partial charge on any atom is -0.468 e. The first-order chi connectivity index (χ1) is 9.28. The van der Waals surface area contributed by atoms with E-state index >= 15 is 0 Å². The quantitative estimate of drug-likeness (QED) is 0.855. The molecule has 0 aliphatic rings. The second-order valence-electron chi connectivity index (χ2n) is 3.92. The zero-order valence-corrected chi connectivity index (χ0v) is 10.2. The Kier molecular flexibility index (Phi) is 4.32. The number of carbonyl (C=O) groups excluding carboxylic acids is 1. The van der Waals surface area contributed by atoms with E-state index in [4.69, 9.17) is 9.68 Å². The van der Waals surface area contributed by atoms with E-state index in [-0.39, 0.29) is 12.5 Å². The molecule has 96 valence electrons. The van der Waals surface area contributed by atoms with E-state index in [1.54, 1.807) is 36.6 Å². The molecule has 0 saturated heterocycles. The number of nitrogens with one attached hydrogen (secondary N) is 2. The Balaban J connectivity index is 1.76. The Morgan fingerprint density at radius 3 is 2.68 bits per heavy atom. The van der Waals surface area contributed by atoms with Gasteiger partial charge in [0.1, 0.15) is 5.76 Å². The van der Waals surface area contributed by atoms with Crippen LogP contribution >= 0.6 is 0 Å². The number of carbonyl (C=O) groups is 1. The van der Waals surface area contributed by atoms with Crippen molar-refractivity contribution in [2.45, 2.75) is 6.54 Å². The molecule has 0 aliphatic heterocycles. The Hall–Kier alpha value is -2.58. The van der Waals surface area contributed by atoms with Gasteiger partial charge in [-0.05, 0) is 36.4 Å². The van der Waals surface area contributed by atoms with Crippen LogP contribution in [0.25, 0.3) is 0 Å². The summed E-state index contributed by atoms with van der Waals surface area (Å²) in [6, 6.07) is 12.4. The highest BCUT2D eigenvalue weighted by Crippen LogP contribution is 2.08. The van der Waals surface area contributed by atoms with Crippen LogP contribution in [0.5, 0.6) is 0 Å². The summed E-state index contributed by atoms with van der Waals surface area (Å²) >= 11 is 0. The fraction of sp³-hybridized carbons (Fsp3) is 0.143. The maximum absolute atomic E-state index is 11.6. The molecule has 2 aromatic rings. The number of nitriles is 1. The molecule has 1 amide bonds. The highest BCUT2D eigenvalue weighted by atomic mass is 16.3. The summed E-state index contributed by atoms with van der Waals surface area (Å²) in [5.41, 5.74) is 1.23. The van der Waals surface area contributed by atoms with Gasteiger partial charge >= 0.3 is 0 Å². The van der Waals surface area contributed by atoms with Gasteiger partial charge in [0, 0.05) is 5.69 Å². The van der Waals surface area contributed by atoms with Gasteiger partial charge in [-0.3, -0.25) is 4.79 Å². The van der Waals surface area contributed by atoms with Gasteiger partial charge in [0.05, 0.1) is 31.0 Å². The standard InChI is InChI=1S/C14H13N3O2/c15-8-11-3-5-12(6-4-11)17-14(18)10-16-9-13-2-1-7-19-13/h1-7,16H,9-10H2,(H,17,18). The van der Waals surface area contributed by atoms with Crippen LogP contribution in [0.4, 0.5) is 5.69 Å². The zero-order chi connectivity index (χ0) is 13.5. The van der Waals surface area contributed by atoms with E-state index in [2.05, 4.69) is 10.6 Å². The van der Waals surface area contributed by atoms with Crippen LogP contribution in [0.15, 0.2) is 47.1 Å². The number of nitrogens with zero attached hydrogens (tertiary/aromatic N) is 1. The molecule has 0 fully saturated rings.